The average Bonchev–Trinajstić information content (AvgIpc) is 2.93. The van der Waals surface area contributed by atoms with E-state index in [2.05, 4.69) is 5.32 Å². The lowest BCUT2D eigenvalue weighted by Crippen LogP contribution is -2.20. The first-order chi connectivity index (χ1) is 12.1. The van der Waals surface area contributed by atoms with Crippen molar-refractivity contribution in [2.45, 2.75) is 26.4 Å². The van der Waals surface area contributed by atoms with E-state index in [0.29, 0.717) is 28.8 Å². The number of rotatable bonds is 6. The smallest absolute Gasteiger partial charge is 0.262 e. The maximum absolute atomic E-state index is 12.2. The summed E-state index contributed by atoms with van der Waals surface area (Å²) < 4.78 is 16.9. The zero-order valence-electron chi connectivity index (χ0n) is 14.2. The lowest BCUT2D eigenvalue weighted by molar-refractivity contribution is -0.118. The highest BCUT2D eigenvalue weighted by Crippen LogP contribution is 2.38. The van der Waals surface area contributed by atoms with E-state index in [1.807, 2.05) is 19.9 Å². The molecule has 0 aliphatic carbocycles. The van der Waals surface area contributed by atoms with Gasteiger partial charge in [-0.1, -0.05) is 23.7 Å². The summed E-state index contributed by atoms with van der Waals surface area (Å²) in [6.45, 7) is 4.27. The Morgan fingerprint density at radius 2 is 2.08 bits per heavy atom. The fourth-order valence-electron chi connectivity index (χ4n) is 2.70. The van der Waals surface area contributed by atoms with Crippen molar-refractivity contribution in [3.8, 4) is 17.2 Å². The first-order valence-corrected chi connectivity index (χ1v) is 8.58. The Labute approximate surface area is 151 Å². The SMILES string of the molecule is CCOc1cc2c(cc1NC(=O)COc1ccccc1Cl)O[C@@H](C)C2. The summed E-state index contributed by atoms with van der Waals surface area (Å²) >= 11 is 6.02. The van der Waals surface area contributed by atoms with E-state index in [1.54, 1.807) is 30.3 Å². The van der Waals surface area contributed by atoms with Gasteiger partial charge in [0.15, 0.2) is 6.61 Å². The molecular formula is C19H20ClNO4. The summed E-state index contributed by atoms with van der Waals surface area (Å²) in [6.07, 6.45) is 0.957. The summed E-state index contributed by atoms with van der Waals surface area (Å²) in [7, 11) is 0. The van der Waals surface area contributed by atoms with E-state index >= 15 is 0 Å². The first-order valence-electron chi connectivity index (χ1n) is 8.20. The van der Waals surface area contributed by atoms with Gasteiger partial charge in [0.2, 0.25) is 0 Å². The third kappa shape index (κ3) is 4.17. The number of halogens is 1. The molecule has 6 heteroatoms. The molecule has 1 atom stereocenters. The molecule has 0 saturated heterocycles. The number of carbonyl (C=O) groups excluding carboxylic acids is 1. The lowest BCUT2D eigenvalue weighted by Gasteiger charge is -2.14. The van der Waals surface area contributed by atoms with Gasteiger partial charge < -0.3 is 19.5 Å². The lowest BCUT2D eigenvalue weighted by atomic mass is 10.1. The highest BCUT2D eigenvalue weighted by atomic mass is 35.5. The van der Waals surface area contributed by atoms with Crippen LogP contribution in [0.1, 0.15) is 19.4 Å². The summed E-state index contributed by atoms with van der Waals surface area (Å²) in [6, 6.07) is 10.7. The summed E-state index contributed by atoms with van der Waals surface area (Å²) in [5, 5.41) is 3.28. The summed E-state index contributed by atoms with van der Waals surface area (Å²) in [4.78, 5) is 12.2. The van der Waals surface area contributed by atoms with Crippen LogP contribution in [0, 0.1) is 0 Å². The fourth-order valence-corrected chi connectivity index (χ4v) is 2.89. The maximum Gasteiger partial charge on any atom is 0.262 e. The Morgan fingerprint density at radius 3 is 2.84 bits per heavy atom. The van der Waals surface area contributed by atoms with E-state index in [-0.39, 0.29) is 18.6 Å². The maximum atomic E-state index is 12.2. The van der Waals surface area contributed by atoms with Gasteiger partial charge in [-0.15, -0.1) is 0 Å². The minimum absolute atomic E-state index is 0.124. The Kier molecular flexibility index (Phi) is 5.34. The summed E-state index contributed by atoms with van der Waals surface area (Å²) in [5.41, 5.74) is 1.66. The predicted octanol–water partition coefficient (Wildman–Crippen LogP) is 4.08. The van der Waals surface area contributed by atoms with Crippen LogP contribution in [0.5, 0.6) is 17.2 Å². The third-order valence-electron chi connectivity index (χ3n) is 3.77. The van der Waals surface area contributed by atoms with Gasteiger partial charge in [-0.2, -0.15) is 0 Å². The predicted molar refractivity (Wildman–Crippen MR) is 97.0 cm³/mol. The van der Waals surface area contributed by atoms with Gasteiger partial charge in [-0.3, -0.25) is 4.79 Å². The molecule has 1 N–H and O–H groups in total. The number of anilines is 1. The minimum Gasteiger partial charge on any atom is -0.492 e. The van der Waals surface area contributed by atoms with Crippen LogP contribution in [0.3, 0.4) is 0 Å². The second-order valence-electron chi connectivity index (χ2n) is 5.79. The fraction of sp³-hybridized carbons (Fsp3) is 0.316. The van der Waals surface area contributed by atoms with E-state index < -0.39 is 0 Å². The van der Waals surface area contributed by atoms with E-state index in [4.69, 9.17) is 25.8 Å². The second kappa shape index (κ2) is 7.66. The Balaban J connectivity index is 1.70. The number of hydrogen-bond acceptors (Lipinski definition) is 4. The number of carbonyl (C=O) groups is 1. The number of ether oxygens (including phenoxy) is 3. The van der Waals surface area contributed by atoms with Gasteiger partial charge in [0.05, 0.1) is 17.3 Å². The van der Waals surface area contributed by atoms with E-state index in [1.165, 1.54) is 0 Å². The number of nitrogens with one attached hydrogen (secondary N) is 1. The van der Waals surface area contributed by atoms with Gasteiger partial charge >= 0.3 is 0 Å². The van der Waals surface area contributed by atoms with Crippen molar-refractivity contribution in [1.82, 2.24) is 0 Å². The molecule has 1 amide bonds. The zero-order valence-corrected chi connectivity index (χ0v) is 14.9. The molecule has 0 saturated carbocycles. The molecule has 0 bridgehead atoms. The van der Waals surface area contributed by atoms with Crippen molar-refractivity contribution in [2.24, 2.45) is 0 Å². The normalized spacial score (nSPS) is 15.2. The summed E-state index contributed by atoms with van der Waals surface area (Å²) in [5.74, 6) is 1.57. The number of benzene rings is 2. The molecule has 2 aromatic rings. The molecule has 1 aliphatic rings. The molecule has 25 heavy (non-hydrogen) atoms. The van der Waals surface area contributed by atoms with Gasteiger partial charge in [0.25, 0.3) is 5.91 Å². The van der Waals surface area contributed by atoms with Crippen LogP contribution in [-0.2, 0) is 11.2 Å². The van der Waals surface area contributed by atoms with Crippen LogP contribution >= 0.6 is 11.6 Å². The molecule has 0 aromatic heterocycles. The molecule has 1 heterocycles. The van der Waals surface area contributed by atoms with E-state index in [0.717, 1.165) is 17.7 Å². The number of hydrogen-bond donors (Lipinski definition) is 1. The number of para-hydroxylation sites is 1. The monoisotopic (exact) mass is 361 g/mol. The number of amides is 1. The third-order valence-corrected chi connectivity index (χ3v) is 4.08. The largest absolute Gasteiger partial charge is 0.492 e. The van der Waals surface area contributed by atoms with Crippen LogP contribution in [0.2, 0.25) is 5.02 Å². The second-order valence-corrected chi connectivity index (χ2v) is 6.20. The van der Waals surface area contributed by atoms with Crippen LogP contribution < -0.4 is 19.5 Å². The van der Waals surface area contributed by atoms with Gasteiger partial charge in [0, 0.05) is 18.1 Å². The van der Waals surface area contributed by atoms with Crippen molar-refractivity contribution >= 4 is 23.2 Å². The molecule has 0 radical (unpaired) electrons. The standard InChI is InChI=1S/C19H20ClNO4/c1-3-23-18-9-13-8-12(2)25-17(13)10-15(18)21-19(22)11-24-16-7-5-4-6-14(16)20/h4-7,9-10,12H,3,8,11H2,1-2H3,(H,21,22)/t12-/m0/s1. The molecule has 132 valence electrons. The van der Waals surface area contributed by atoms with Crippen LogP contribution in [-0.4, -0.2) is 25.2 Å². The zero-order chi connectivity index (χ0) is 17.8. The molecule has 5 nitrogen and oxygen atoms in total. The molecule has 3 rings (SSSR count). The van der Waals surface area contributed by atoms with Gasteiger partial charge in [-0.05, 0) is 32.0 Å². The highest BCUT2D eigenvalue weighted by molar-refractivity contribution is 6.32. The topological polar surface area (TPSA) is 56.8 Å². The molecule has 0 fully saturated rings. The molecule has 0 spiro atoms. The minimum atomic E-state index is -0.299. The van der Waals surface area contributed by atoms with Gasteiger partial charge in [-0.25, -0.2) is 0 Å². The van der Waals surface area contributed by atoms with Crippen molar-refractivity contribution in [1.29, 1.82) is 0 Å². The molecular weight excluding hydrogens is 342 g/mol. The van der Waals surface area contributed by atoms with Crippen molar-refractivity contribution in [3.63, 3.8) is 0 Å². The molecule has 2 aromatic carbocycles. The average molecular weight is 362 g/mol. The van der Waals surface area contributed by atoms with Crippen LogP contribution in [0.25, 0.3) is 0 Å². The van der Waals surface area contributed by atoms with Crippen LogP contribution in [0.4, 0.5) is 5.69 Å². The Bertz CT molecular complexity index is 778. The molecule has 1 aliphatic heterocycles. The van der Waals surface area contributed by atoms with Crippen molar-refractivity contribution in [3.05, 3.63) is 47.0 Å². The van der Waals surface area contributed by atoms with Crippen molar-refractivity contribution in [2.75, 3.05) is 18.5 Å². The first kappa shape index (κ1) is 17.4. The quantitative estimate of drug-likeness (QED) is 0.842. The molecule has 0 unspecified atom stereocenters. The van der Waals surface area contributed by atoms with Crippen LogP contribution in [0.15, 0.2) is 36.4 Å². The van der Waals surface area contributed by atoms with E-state index in [9.17, 15) is 4.79 Å². The Morgan fingerprint density at radius 1 is 1.28 bits per heavy atom. The highest BCUT2D eigenvalue weighted by Gasteiger charge is 2.22. The van der Waals surface area contributed by atoms with Crippen molar-refractivity contribution < 1.29 is 19.0 Å². The van der Waals surface area contributed by atoms with Gasteiger partial charge in [0.1, 0.15) is 23.4 Å². The Hall–Kier alpha value is -2.40. The number of fused-ring (bicyclic) bond motifs is 1.